The number of rotatable bonds is 5. The topological polar surface area (TPSA) is 17.1 Å². The molecule has 0 saturated heterocycles. The number of carbonyl (C=O) groups excluding carboxylic acids is 1. The summed E-state index contributed by atoms with van der Waals surface area (Å²) in [5.41, 5.74) is 1.82. The van der Waals surface area contributed by atoms with Gasteiger partial charge in [-0.3, -0.25) is 4.79 Å². The second kappa shape index (κ2) is 6.92. The fourth-order valence-electron chi connectivity index (χ4n) is 1.79. The fraction of sp³-hybridized carbons (Fsp3) is 0.188. The molecule has 0 radical (unpaired) electrons. The molecular formula is C16H15BrOS. The lowest BCUT2D eigenvalue weighted by atomic mass is 10.0. The molecule has 3 heteroatoms. The Morgan fingerprint density at radius 3 is 2.26 bits per heavy atom. The first-order chi connectivity index (χ1) is 9.19. The SMILES string of the molecule is CCSc1ccc(C(=O)Cc2ccc(Br)cc2)cc1. The van der Waals surface area contributed by atoms with Crippen LogP contribution in [0.3, 0.4) is 0 Å². The van der Waals surface area contributed by atoms with E-state index in [1.807, 2.05) is 48.5 Å². The molecule has 0 fully saturated rings. The zero-order valence-electron chi connectivity index (χ0n) is 10.7. The molecule has 0 saturated carbocycles. The summed E-state index contributed by atoms with van der Waals surface area (Å²) in [7, 11) is 0. The standard InChI is InChI=1S/C16H15BrOS/c1-2-19-15-9-5-13(6-10-15)16(18)11-12-3-7-14(17)8-4-12/h3-10H,2,11H2,1H3. The van der Waals surface area contributed by atoms with Gasteiger partial charge in [0.2, 0.25) is 0 Å². The summed E-state index contributed by atoms with van der Waals surface area (Å²) in [6, 6.07) is 15.7. The highest BCUT2D eigenvalue weighted by molar-refractivity contribution is 9.10. The van der Waals surface area contributed by atoms with Gasteiger partial charge in [-0.05, 0) is 35.6 Å². The van der Waals surface area contributed by atoms with E-state index in [2.05, 4.69) is 22.9 Å². The summed E-state index contributed by atoms with van der Waals surface area (Å²) in [5.74, 6) is 1.21. The van der Waals surface area contributed by atoms with Gasteiger partial charge in [0.1, 0.15) is 0 Å². The molecule has 0 spiro atoms. The maximum atomic E-state index is 12.1. The molecule has 2 aromatic carbocycles. The zero-order valence-corrected chi connectivity index (χ0v) is 13.1. The van der Waals surface area contributed by atoms with Gasteiger partial charge in [0, 0.05) is 21.4 Å². The third-order valence-electron chi connectivity index (χ3n) is 2.77. The van der Waals surface area contributed by atoms with E-state index in [0.29, 0.717) is 6.42 Å². The molecule has 2 rings (SSSR count). The summed E-state index contributed by atoms with van der Waals surface area (Å²) in [4.78, 5) is 13.4. The molecular weight excluding hydrogens is 320 g/mol. The number of benzene rings is 2. The zero-order chi connectivity index (χ0) is 13.7. The van der Waals surface area contributed by atoms with E-state index in [4.69, 9.17) is 0 Å². The van der Waals surface area contributed by atoms with E-state index in [9.17, 15) is 4.79 Å². The molecule has 98 valence electrons. The second-order valence-electron chi connectivity index (χ2n) is 4.18. The largest absolute Gasteiger partial charge is 0.294 e. The van der Waals surface area contributed by atoms with E-state index in [-0.39, 0.29) is 5.78 Å². The molecule has 0 unspecified atom stereocenters. The van der Waals surface area contributed by atoms with Crippen LogP contribution in [0.25, 0.3) is 0 Å². The Kier molecular flexibility index (Phi) is 5.23. The molecule has 1 nitrogen and oxygen atoms in total. The lowest BCUT2D eigenvalue weighted by Crippen LogP contribution is -2.03. The Hall–Kier alpha value is -1.06. The lowest BCUT2D eigenvalue weighted by Gasteiger charge is -2.03. The Morgan fingerprint density at radius 1 is 1.05 bits per heavy atom. The van der Waals surface area contributed by atoms with Crippen molar-refractivity contribution in [1.29, 1.82) is 0 Å². The summed E-state index contributed by atoms with van der Waals surface area (Å²) in [6.45, 7) is 2.12. The molecule has 0 aliphatic heterocycles. The lowest BCUT2D eigenvalue weighted by molar-refractivity contribution is 0.0993. The van der Waals surface area contributed by atoms with Crippen LogP contribution >= 0.6 is 27.7 Å². The molecule has 2 aromatic rings. The van der Waals surface area contributed by atoms with Crippen molar-refractivity contribution in [3.63, 3.8) is 0 Å². The average Bonchev–Trinajstić information content (AvgIpc) is 2.42. The number of ketones is 1. The number of halogens is 1. The molecule has 0 atom stereocenters. The van der Waals surface area contributed by atoms with E-state index < -0.39 is 0 Å². The molecule has 0 bridgehead atoms. The minimum Gasteiger partial charge on any atom is -0.294 e. The first-order valence-electron chi connectivity index (χ1n) is 6.19. The highest BCUT2D eigenvalue weighted by Gasteiger charge is 2.07. The number of Topliss-reactive ketones (excluding diaryl/α,β-unsaturated/α-hetero) is 1. The highest BCUT2D eigenvalue weighted by atomic mass is 79.9. The molecule has 0 N–H and O–H groups in total. The first kappa shape index (κ1) is 14.4. The normalized spacial score (nSPS) is 10.4. The van der Waals surface area contributed by atoms with Crippen LogP contribution in [0.1, 0.15) is 22.8 Å². The van der Waals surface area contributed by atoms with Crippen LogP contribution in [0.4, 0.5) is 0 Å². The van der Waals surface area contributed by atoms with Crippen LogP contribution in [0.5, 0.6) is 0 Å². The molecule has 0 aliphatic carbocycles. The minimum absolute atomic E-state index is 0.162. The van der Waals surface area contributed by atoms with Crippen molar-refractivity contribution in [2.75, 3.05) is 5.75 Å². The van der Waals surface area contributed by atoms with Crippen molar-refractivity contribution in [1.82, 2.24) is 0 Å². The predicted octanol–water partition coefficient (Wildman–Crippen LogP) is 4.99. The van der Waals surface area contributed by atoms with Gasteiger partial charge in [0.05, 0.1) is 0 Å². The summed E-state index contributed by atoms with van der Waals surface area (Å²) < 4.78 is 1.03. The van der Waals surface area contributed by atoms with E-state index in [1.54, 1.807) is 11.8 Å². The molecule has 19 heavy (non-hydrogen) atoms. The van der Waals surface area contributed by atoms with E-state index in [1.165, 1.54) is 4.90 Å². The monoisotopic (exact) mass is 334 g/mol. The second-order valence-corrected chi connectivity index (χ2v) is 6.44. The van der Waals surface area contributed by atoms with Gasteiger partial charge in [-0.2, -0.15) is 0 Å². The Bertz CT molecular complexity index is 546. The van der Waals surface area contributed by atoms with Crippen LogP contribution in [-0.4, -0.2) is 11.5 Å². The smallest absolute Gasteiger partial charge is 0.167 e. The number of hydrogen-bond acceptors (Lipinski definition) is 2. The maximum absolute atomic E-state index is 12.1. The van der Waals surface area contributed by atoms with Gasteiger partial charge in [-0.1, -0.05) is 47.1 Å². The third kappa shape index (κ3) is 4.22. The van der Waals surface area contributed by atoms with Crippen LogP contribution in [0, 0.1) is 0 Å². The molecule has 0 aromatic heterocycles. The fourth-order valence-corrected chi connectivity index (χ4v) is 2.72. The quantitative estimate of drug-likeness (QED) is 0.566. The number of carbonyl (C=O) groups is 1. The van der Waals surface area contributed by atoms with Gasteiger partial charge >= 0.3 is 0 Å². The Labute approximate surface area is 126 Å². The summed E-state index contributed by atoms with van der Waals surface area (Å²) >= 11 is 5.18. The van der Waals surface area contributed by atoms with Crippen molar-refractivity contribution < 1.29 is 4.79 Å². The highest BCUT2D eigenvalue weighted by Crippen LogP contribution is 2.19. The number of hydrogen-bond donors (Lipinski definition) is 0. The molecule has 0 aliphatic rings. The number of thioether (sulfide) groups is 1. The van der Waals surface area contributed by atoms with Crippen molar-refractivity contribution >= 4 is 33.5 Å². The maximum Gasteiger partial charge on any atom is 0.167 e. The summed E-state index contributed by atoms with van der Waals surface area (Å²) in [6.07, 6.45) is 0.452. The van der Waals surface area contributed by atoms with Crippen molar-refractivity contribution in [3.05, 3.63) is 64.1 Å². The van der Waals surface area contributed by atoms with Gasteiger partial charge in [0.25, 0.3) is 0 Å². The van der Waals surface area contributed by atoms with E-state index in [0.717, 1.165) is 21.4 Å². The van der Waals surface area contributed by atoms with Crippen molar-refractivity contribution in [2.45, 2.75) is 18.2 Å². The molecule has 0 amide bonds. The van der Waals surface area contributed by atoms with Crippen LogP contribution in [0.15, 0.2) is 57.9 Å². The van der Waals surface area contributed by atoms with Crippen molar-refractivity contribution in [3.8, 4) is 0 Å². The predicted molar refractivity (Wildman–Crippen MR) is 85.0 cm³/mol. The average molecular weight is 335 g/mol. The first-order valence-corrected chi connectivity index (χ1v) is 7.97. The van der Waals surface area contributed by atoms with Gasteiger partial charge in [-0.25, -0.2) is 0 Å². The minimum atomic E-state index is 0.162. The van der Waals surface area contributed by atoms with Crippen LogP contribution in [0.2, 0.25) is 0 Å². The third-order valence-corrected chi connectivity index (χ3v) is 4.19. The van der Waals surface area contributed by atoms with E-state index >= 15 is 0 Å². The van der Waals surface area contributed by atoms with Gasteiger partial charge in [-0.15, -0.1) is 11.8 Å². The van der Waals surface area contributed by atoms with Crippen LogP contribution < -0.4 is 0 Å². The Morgan fingerprint density at radius 2 is 1.68 bits per heavy atom. The van der Waals surface area contributed by atoms with Gasteiger partial charge in [0.15, 0.2) is 5.78 Å². The Balaban J connectivity index is 2.05. The van der Waals surface area contributed by atoms with Gasteiger partial charge < -0.3 is 0 Å². The van der Waals surface area contributed by atoms with Crippen LogP contribution in [-0.2, 0) is 6.42 Å². The van der Waals surface area contributed by atoms with Crippen molar-refractivity contribution in [2.24, 2.45) is 0 Å². The summed E-state index contributed by atoms with van der Waals surface area (Å²) in [5, 5.41) is 0. The molecule has 0 heterocycles.